The molecule has 0 atom stereocenters. The molecular weight excluding hydrogens is 634 g/mol. The van der Waals surface area contributed by atoms with Crippen LogP contribution in [-0.2, 0) is 4.79 Å². The van der Waals surface area contributed by atoms with Crippen LogP contribution in [0.15, 0.2) is 108 Å². The molecule has 5 rings (SSSR count). The molecule has 0 aliphatic rings. The topological polar surface area (TPSA) is 86.2 Å². The zero-order valence-corrected chi connectivity index (χ0v) is 25.0. The van der Waals surface area contributed by atoms with Gasteiger partial charge < -0.3 is 14.2 Å². The summed E-state index contributed by atoms with van der Waals surface area (Å²) in [5, 5.41) is 7.24. The second kappa shape index (κ2) is 13.8. The van der Waals surface area contributed by atoms with Gasteiger partial charge in [0, 0.05) is 20.6 Å². The number of halogens is 4. The first-order chi connectivity index (χ1) is 20.8. The van der Waals surface area contributed by atoms with E-state index in [0.717, 1.165) is 10.8 Å². The average Bonchev–Trinajstić information content (AvgIpc) is 2.99. The molecule has 0 saturated heterocycles. The minimum Gasteiger partial charge on any atom is -0.446 e. The minimum atomic E-state index is -1.43. The predicted molar refractivity (Wildman–Crippen MR) is 169 cm³/mol. The van der Waals surface area contributed by atoms with E-state index in [0.29, 0.717) is 32.1 Å². The van der Waals surface area contributed by atoms with Gasteiger partial charge >= 0.3 is 18.2 Å². The van der Waals surface area contributed by atoms with Gasteiger partial charge in [-0.25, -0.2) is 10.2 Å². The Balaban J connectivity index is 1.40. The Morgan fingerprint density at radius 2 is 1.33 bits per heavy atom. The molecule has 0 heterocycles. The third-order valence-electron chi connectivity index (χ3n) is 5.98. The number of carbonyl (C=O) groups excluding carboxylic acids is 2. The molecule has 216 valence electrons. The van der Waals surface area contributed by atoms with Crippen LogP contribution in [0.1, 0.15) is 15.9 Å². The zero-order valence-electron chi connectivity index (χ0n) is 22.0. The van der Waals surface area contributed by atoms with E-state index < -0.39 is 18.2 Å². The molecular formula is C32H20Cl4N2O5. The summed E-state index contributed by atoms with van der Waals surface area (Å²) in [6, 6.07) is 28.2. The Hall–Kier alpha value is -4.27. The summed E-state index contributed by atoms with van der Waals surface area (Å²) in [7, 11) is 0. The smallest absolute Gasteiger partial charge is 0.345 e. The molecule has 11 heteroatoms. The number of hydrazone groups is 1. The third-order valence-corrected chi connectivity index (χ3v) is 7.03. The lowest BCUT2D eigenvalue weighted by molar-refractivity contribution is -0.140. The summed E-state index contributed by atoms with van der Waals surface area (Å²) in [6.45, 7) is 0. The predicted octanol–water partition coefficient (Wildman–Crippen LogP) is 8.61. The summed E-state index contributed by atoms with van der Waals surface area (Å²) in [6.07, 6.45) is -0.0649. The van der Waals surface area contributed by atoms with Crippen LogP contribution in [0.4, 0.5) is 0 Å². The number of amides is 1. The largest absolute Gasteiger partial charge is 0.446 e. The molecule has 0 aliphatic heterocycles. The maximum absolute atomic E-state index is 13.2. The van der Waals surface area contributed by atoms with Crippen molar-refractivity contribution in [2.24, 2.45) is 5.10 Å². The highest BCUT2D eigenvalue weighted by Gasteiger charge is 2.23. The molecule has 0 bridgehead atoms. The number of hydrogen-bond donors (Lipinski definition) is 1. The fourth-order valence-electron chi connectivity index (χ4n) is 3.93. The lowest BCUT2D eigenvalue weighted by Gasteiger charge is -2.19. The molecule has 0 unspecified atom stereocenters. The van der Waals surface area contributed by atoms with Gasteiger partial charge in [-0.15, -0.1) is 0 Å². The van der Waals surface area contributed by atoms with Crippen LogP contribution in [0.25, 0.3) is 10.8 Å². The van der Waals surface area contributed by atoms with Crippen LogP contribution in [0.2, 0.25) is 20.1 Å². The number of nitrogens with one attached hydrogen (secondary N) is 1. The molecule has 7 nitrogen and oxygen atoms in total. The van der Waals surface area contributed by atoms with Gasteiger partial charge in [0.25, 0.3) is 0 Å². The average molecular weight is 654 g/mol. The standard InChI is InChI=1S/C32H20Cl4N2O5/c33-20-6-11-23(12-7-20)41-32(42-24-13-8-21(34)9-14-24)30(39)38-37-18-27-25-4-2-1-3-19(25)5-16-29(27)43-31(40)26-15-10-22(35)17-28(26)36/h1-18,32H,(H,38,39)/b37-18-. The maximum atomic E-state index is 13.2. The van der Waals surface area contributed by atoms with Crippen molar-refractivity contribution in [3.63, 3.8) is 0 Å². The van der Waals surface area contributed by atoms with Gasteiger partial charge in [-0.3, -0.25) is 4.79 Å². The number of carbonyl (C=O) groups is 2. The van der Waals surface area contributed by atoms with Gasteiger partial charge in [0.1, 0.15) is 17.2 Å². The molecule has 0 aliphatic carbocycles. The van der Waals surface area contributed by atoms with Crippen molar-refractivity contribution in [2.75, 3.05) is 0 Å². The van der Waals surface area contributed by atoms with Crippen molar-refractivity contribution < 1.29 is 23.8 Å². The lowest BCUT2D eigenvalue weighted by Crippen LogP contribution is -2.40. The van der Waals surface area contributed by atoms with E-state index in [9.17, 15) is 9.59 Å². The van der Waals surface area contributed by atoms with Crippen molar-refractivity contribution in [1.29, 1.82) is 0 Å². The molecule has 1 N–H and O–H groups in total. The first-order valence-electron chi connectivity index (χ1n) is 12.6. The molecule has 5 aromatic carbocycles. The van der Waals surface area contributed by atoms with Crippen molar-refractivity contribution in [3.05, 3.63) is 134 Å². The van der Waals surface area contributed by atoms with E-state index in [1.54, 1.807) is 60.7 Å². The van der Waals surface area contributed by atoms with Crippen molar-refractivity contribution >= 4 is 75.3 Å². The minimum absolute atomic E-state index is 0.136. The first-order valence-corrected chi connectivity index (χ1v) is 14.1. The van der Waals surface area contributed by atoms with Crippen LogP contribution in [0.3, 0.4) is 0 Å². The fourth-order valence-corrected chi connectivity index (χ4v) is 4.66. The summed E-state index contributed by atoms with van der Waals surface area (Å²) >= 11 is 24.1. The number of fused-ring (bicyclic) bond motifs is 1. The van der Waals surface area contributed by atoms with Crippen LogP contribution in [0, 0.1) is 0 Å². The number of ether oxygens (including phenoxy) is 3. The van der Waals surface area contributed by atoms with E-state index in [4.69, 9.17) is 60.6 Å². The molecule has 1 amide bonds. The summed E-state index contributed by atoms with van der Waals surface area (Å²) in [5.74, 6) is -0.534. The van der Waals surface area contributed by atoms with Gasteiger partial charge in [0.05, 0.1) is 16.8 Å². The van der Waals surface area contributed by atoms with Crippen LogP contribution < -0.4 is 19.6 Å². The van der Waals surface area contributed by atoms with Gasteiger partial charge in [-0.05, 0) is 83.6 Å². The zero-order chi connectivity index (χ0) is 30.3. The van der Waals surface area contributed by atoms with Gasteiger partial charge in [-0.2, -0.15) is 5.10 Å². The van der Waals surface area contributed by atoms with Crippen LogP contribution >= 0.6 is 46.4 Å². The number of nitrogens with zero attached hydrogens (tertiary/aromatic N) is 1. The number of hydrogen-bond acceptors (Lipinski definition) is 6. The molecule has 0 radical (unpaired) electrons. The van der Waals surface area contributed by atoms with Crippen molar-refractivity contribution in [3.8, 4) is 17.2 Å². The Kier molecular flexibility index (Phi) is 9.69. The molecule has 0 spiro atoms. The molecule has 43 heavy (non-hydrogen) atoms. The molecule has 5 aromatic rings. The number of benzene rings is 5. The maximum Gasteiger partial charge on any atom is 0.345 e. The van der Waals surface area contributed by atoms with E-state index in [2.05, 4.69) is 10.5 Å². The number of rotatable bonds is 9. The Labute approximate surface area is 266 Å². The third kappa shape index (κ3) is 7.77. The Morgan fingerprint density at radius 3 is 1.95 bits per heavy atom. The summed E-state index contributed by atoms with van der Waals surface area (Å²) < 4.78 is 17.3. The quantitative estimate of drug-likeness (QED) is 0.0566. The van der Waals surface area contributed by atoms with Gasteiger partial charge in [0.15, 0.2) is 0 Å². The second-order valence-corrected chi connectivity index (χ2v) is 10.6. The van der Waals surface area contributed by atoms with E-state index in [-0.39, 0.29) is 16.3 Å². The molecule has 0 aromatic heterocycles. The highest BCUT2D eigenvalue weighted by atomic mass is 35.5. The second-order valence-electron chi connectivity index (χ2n) is 8.92. The van der Waals surface area contributed by atoms with Crippen LogP contribution in [-0.4, -0.2) is 24.4 Å². The van der Waals surface area contributed by atoms with E-state index in [1.807, 2.05) is 24.3 Å². The number of esters is 1. The highest BCUT2D eigenvalue weighted by Crippen LogP contribution is 2.29. The lowest BCUT2D eigenvalue weighted by atomic mass is 10.0. The fraction of sp³-hybridized carbons (Fsp3) is 0.0312. The van der Waals surface area contributed by atoms with Gasteiger partial charge in [0.2, 0.25) is 0 Å². The van der Waals surface area contributed by atoms with E-state index >= 15 is 0 Å². The molecule has 0 fully saturated rings. The van der Waals surface area contributed by atoms with Crippen molar-refractivity contribution in [2.45, 2.75) is 6.29 Å². The Bertz CT molecular complexity index is 1760. The normalized spacial score (nSPS) is 11.1. The Morgan fingerprint density at radius 1 is 0.721 bits per heavy atom. The summed E-state index contributed by atoms with van der Waals surface area (Å²) in [5.41, 5.74) is 3.01. The van der Waals surface area contributed by atoms with Crippen molar-refractivity contribution in [1.82, 2.24) is 5.43 Å². The van der Waals surface area contributed by atoms with Gasteiger partial charge in [-0.1, -0.05) is 76.7 Å². The molecule has 0 saturated carbocycles. The highest BCUT2D eigenvalue weighted by molar-refractivity contribution is 6.36. The SMILES string of the molecule is O=C(Oc1ccc2ccccc2c1/C=N\NC(=O)C(Oc1ccc(Cl)cc1)Oc1ccc(Cl)cc1)c1ccc(Cl)cc1Cl. The first kappa shape index (κ1) is 30.2. The van der Waals surface area contributed by atoms with Crippen LogP contribution in [0.5, 0.6) is 17.2 Å². The monoisotopic (exact) mass is 652 g/mol. The summed E-state index contributed by atoms with van der Waals surface area (Å²) in [4.78, 5) is 26.2. The van der Waals surface area contributed by atoms with E-state index in [1.165, 1.54) is 24.4 Å².